The Balaban J connectivity index is 2.52. The summed E-state index contributed by atoms with van der Waals surface area (Å²) in [7, 11) is -1.83. The van der Waals surface area contributed by atoms with E-state index in [9.17, 15) is 13.2 Å². The lowest BCUT2D eigenvalue weighted by Gasteiger charge is -2.16. The van der Waals surface area contributed by atoms with Gasteiger partial charge in [-0.15, -0.1) is 11.3 Å². The first-order valence-corrected chi connectivity index (χ1v) is 9.76. The minimum absolute atomic E-state index is 0.136. The summed E-state index contributed by atoms with van der Waals surface area (Å²) in [6.07, 6.45) is 0. The van der Waals surface area contributed by atoms with Gasteiger partial charge in [0, 0.05) is 31.6 Å². The van der Waals surface area contributed by atoms with Crippen LogP contribution in [0.4, 0.5) is 0 Å². The number of methoxy groups -OCH3 is 1. The van der Waals surface area contributed by atoms with Crippen molar-refractivity contribution < 1.29 is 17.9 Å². The molecule has 0 spiro atoms. The Kier molecular flexibility index (Phi) is 8.71. The Bertz CT molecular complexity index is 583. The number of amides is 1. The third-order valence-corrected chi connectivity index (χ3v) is 6.77. The van der Waals surface area contributed by atoms with Crippen LogP contribution < -0.4 is 10.6 Å². The molecular weight excluding hydrogens is 338 g/mol. The Morgan fingerprint density at radius 2 is 2.00 bits per heavy atom. The summed E-state index contributed by atoms with van der Waals surface area (Å²) in [5, 5.41) is 5.70. The van der Waals surface area contributed by atoms with E-state index in [-0.39, 0.29) is 12.5 Å². The molecule has 0 saturated heterocycles. The minimum atomic E-state index is -3.43. The third-order valence-electron chi connectivity index (χ3n) is 3.16. The van der Waals surface area contributed by atoms with Crippen molar-refractivity contribution in [3.8, 4) is 0 Å². The van der Waals surface area contributed by atoms with Crippen molar-refractivity contribution in [3.63, 3.8) is 0 Å². The van der Waals surface area contributed by atoms with Gasteiger partial charge >= 0.3 is 0 Å². The molecule has 9 heteroatoms. The number of hydrogen-bond acceptors (Lipinski definition) is 6. The van der Waals surface area contributed by atoms with Crippen LogP contribution in [0.2, 0.25) is 0 Å². The first-order valence-electron chi connectivity index (χ1n) is 7.50. The predicted molar refractivity (Wildman–Crippen MR) is 91.0 cm³/mol. The fourth-order valence-electron chi connectivity index (χ4n) is 1.91. The van der Waals surface area contributed by atoms with Crippen LogP contribution in [0, 0.1) is 0 Å². The Morgan fingerprint density at radius 1 is 1.30 bits per heavy atom. The van der Waals surface area contributed by atoms with Crippen LogP contribution in [-0.2, 0) is 26.1 Å². The topological polar surface area (TPSA) is 87.7 Å². The number of ether oxygens (including phenoxy) is 1. The van der Waals surface area contributed by atoms with E-state index in [0.29, 0.717) is 37.0 Å². The second kappa shape index (κ2) is 9.99. The number of carbonyl (C=O) groups excluding carboxylic acids is 1. The van der Waals surface area contributed by atoms with E-state index in [1.807, 2.05) is 13.8 Å². The molecule has 132 valence electrons. The number of hydrogen-bond donors (Lipinski definition) is 2. The second-order valence-electron chi connectivity index (χ2n) is 4.76. The maximum absolute atomic E-state index is 12.4. The molecular formula is C14H25N3O4S2. The molecule has 1 amide bonds. The van der Waals surface area contributed by atoms with Gasteiger partial charge in [0.1, 0.15) is 4.21 Å². The van der Waals surface area contributed by atoms with Gasteiger partial charge < -0.3 is 15.4 Å². The lowest BCUT2D eigenvalue weighted by molar-refractivity contribution is -0.120. The number of carbonyl (C=O) groups is 1. The molecule has 7 nitrogen and oxygen atoms in total. The molecule has 0 aliphatic rings. The fourth-order valence-corrected chi connectivity index (χ4v) is 4.81. The maximum atomic E-state index is 12.4. The largest absolute Gasteiger partial charge is 0.383 e. The van der Waals surface area contributed by atoms with E-state index in [1.54, 1.807) is 19.2 Å². The highest BCUT2D eigenvalue weighted by Crippen LogP contribution is 2.24. The first kappa shape index (κ1) is 20.0. The molecule has 23 heavy (non-hydrogen) atoms. The van der Waals surface area contributed by atoms with E-state index in [2.05, 4.69) is 10.6 Å². The van der Waals surface area contributed by atoms with Gasteiger partial charge in [-0.1, -0.05) is 13.8 Å². The molecule has 0 aliphatic heterocycles. The molecule has 0 radical (unpaired) electrons. The molecule has 1 heterocycles. The lowest BCUT2D eigenvalue weighted by Crippen LogP contribution is -2.34. The molecule has 0 aliphatic carbocycles. The Hall–Kier alpha value is -1.00. The Labute approximate surface area is 142 Å². The summed E-state index contributed by atoms with van der Waals surface area (Å²) in [5.41, 5.74) is 0. The van der Waals surface area contributed by atoms with E-state index in [1.165, 1.54) is 15.6 Å². The summed E-state index contributed by atoms with van der Waals surface area (Å²) in [6.45, 7) is 6.19. The molecule has 0 fully saturated rings. The summed E-state index contributed by atoms with van der Waals surface area (Å²) in [5.74, 6) is -0.136. The molecule has 1 aromatic heterocycles. The van der Waals surface area contributed by atoms with Crippen LogP contribution in [-0.4, -0.2) is 58.5 Å². The number of nitrogens with zero attached hydrogens (tertiary/aromatic N) is 1. The van der Waals surface area contributed by atoms with Gasteiger partial charge in [0.05, 0.1) is 19.7 Å². The molecule has 0 atom stereocenters. The lowest BCUT2D eigenvalue weighted by atomic mass is 10.4. The average Bonchev–Trinajstić information content (AvgIpc) is 3.00. The van der Waals surface area contributed by atoms with E-state index in [0.717, 1.165) is 4.88 Å². The van der Waals surface area contributed by atoms with Gasteiger partial charge in [-0.3, -0.25) is 4.79 Å². The van der Waals surface area contributed by atoms with E-state index < -0.39 is 10.0 Å². The normalized spacial score (nSPS) is 11.8. The zero-order valence-corrected chi connectivity index (χ0v) is 15.4. The standard InChI is InChI=1S/C14H25N3O4S2/c1-4-17(5-2)23(19,20)14-7-6-12(22-14)10-16-13(18)11-15-8-9-21-3/h6-7,15H,4-5,8-11H2,1-3H3,(H,16,18). The smallest absolute Gasteiger partial charge is 0.252 e. The monoisotopic (exact) mass is 363 g/mol. The number of thiophene rings is 1. The van der Waals surface area contributed by atoms with Crippen molar-refractivity contribution >= 4 is 27.3 Å². The van der Waals surface area contributed by atoms with Gasteiger partial charge in [-0.2, -0.15) is 4.31 Å². The van der Waals surface area contributed by atoms with Gasteiger partial charge in [0.2, 0.25) is 5.91 Å². The highest BCUT2D eigenvalue weighted by molar-refractivity contribution is 7.91. The molecule has 1 rings (SSSR count). The van der Waals surface area contributed by atoms with Gasteiger partial charge in [-0.05, 0) is 12.1 Å². The second-order valence-corrected chi connectivity index (χ2v) is 8.09. The van der Waals surface area contributed by atoms with Crippen LogP contribution in [0.1, 0.15) is 18.7 Å². The van der Waals surface area contributed by atoms with Crippen LogP contribution in [0.3, 0.4) is 0 Å². The van der Waals surface area contributed by atoms with Crippen molar-refractivity contribution in [2.75, 3.05) is 39.9 Å². The molecule has 1 aromatic rings. The fraction of sp³-hybridized carbons (Fsp3) is 0.643. The van der Waals surface area contributed by atoms with Gasteiger partial charge in [0.15, 0.2) is 0 Å². The Morgan fingerprint density at radius 3 is 2.61 bits per heavy atom. The summed E-state index contributed by atoms with van der Waals surface area (Å²) in [6, 6.07) is 3.33. The van der Waals surface area contributed by atoms with Gasteiger partial charge in [-0.25, -0.2) is 8.42 Å². The highest BCUT2D eigenvalue weighted by Gasteiger charge is 2.23. The SMILES string of the molecule is CCN(CC)S(=O)(=O)c1ccc(CNC(=O)CNCCOC)s1. The molecule has 0 unspecified atom stereocenters. The van der Waals surface area contributed by atoms with Crippen LogP contribution in [0.25, 0.3) is 0 Å². The quantitative estimate of drug-likeness (QED) is 0.563. The zero-order chi connectivity index (χ0) is 17.3. The van der Waals surface area contributed by atoms with Crippen LogP contribution in [0.15, 0.2) is 16.3 Å². The number of sulfonamides is 1. The zero-order valence-electron chi connectivity index (χ0n) is 13.8. The minimum Gasteiger partial charge on any atom is -0.383 e. The van der Waals surface area contributed by atoms with E-state index in [4.69, 9.17) is 4.74 Å². The third kappa shape index (κ3) is 6.19. The van der Waals surface area contributed by atoms with Crippen molar-refractivity contribution in [2.24, 2.45) is 0 Å². The van der Waals surface area contributed by atoms with Crippen LogP contribution in [0.5, 0.6) is 0 Å². The molecule has 0 aromatic carbocycles. The van der Waals surface area contributed by atoms with Crippen molar-refractivity contribution in [3.05, 3.63) is 17.0 Å². The van der Waals surface area contributed by atoms with Gasteiger partial charge in [0.25, 0.3) is 10.0 Å². The van der Waals surface area contributed by atoms with Crippen molar-refractivity contribution in [1.29, 1.82) is 0 Å². The summed E-state index contributed by atoms with van der Waals surface area (Å²) in [4.78, 5) is 12.5. The summed E-state index contributed by atoms with van der Waals surface area (Å²) < 4.78 is 31.4. The number of rotatable bonds is 11. The van der Waals surface area contributed by atoms with Crippen molar-refractivity contribution in [1.82, 2.24) is 14.9 Å². The molecule has 0 saturated carbocycles. The molecule has 2 N–H and O–H groups in total. The first-order chi connectivity index (χ1) is 11.0. The summed E-state index contributed by atoms with van der Waals surface area (Å²) >= 11 is 1.19. The average molecular weight is 364 g/mol. The maximum Gasteiger partial charge on any atom is 0.252 e. The van der Waals surface area contributed by atoms with E-state index >= 15 is 0 Å². The predicted octanol–water partition coefficient (Wildman–Crippen LogP) is 0.631. The molecule has 0 bridgehead atoms. The number of nitrogens with one attached hydrogen (secondary N) is 2. The van der Waals surface area contributed by atoms with Crippen molar-refractivity contribution in [2.45, 2.75) is 24.6 Å². The highest BCUT2D eigenvalue weighted by atomic mass is 32.2. The van der Waals surface area contributed by atoms with Crippen LogP contribution >= 0.6 is 11.3 Å².